The van der Waals surface area contributed by atoms with Gasteiger partial charge in [-0.25, -0.2) is 5.10 Å². The first kappa shape index (κ1) is 78.7. The Hall–Kier alpha value is -8.76. The number of phenolic OH excluding ortho intramolecular Hbond substituents is 1. The van der Waals surface area contributed by atoms with Crippen molar-refractivity contribution in [3.05, 3.63) is 193 Å². The van der Waals surface area contributed by atoms with E-state index in [0.717, 1.165) is 83.5 Å². The Bertz CT molecular complexity index is 3990. The van der Waals surface area contributed by atoms with Crippen LogP contribution in [0.4, 0.5) is 0 Å². The monoisotopic (exact) mass is 1380 g/mol. The van der Waals surface area contributed by atoms with Crippen LogP contribution >= 0.6 is 46.4 Å². The maximum atomic E-state index is 11.7. The number of carbonyl (C=O) groups excluding carboxylic acids is 2. The number of aromatic amines is 1. The van der Waals surface area contributed by atoms with Gasteiger partial charge in [0.1, 0.15) is 23.0 Å². The van der Waals surface area contributed by atoms with Crippen LogP contribution in [0.5, 0.6) is 40.6 Å². The number of benzene rings is 4. The van der Waals surface area contributed by atoms with Crippen molar-refractivity contribution >= 4 is 70.3 Å². The molecule has 8 aromatic rings. The largest absolute Gasteiger partial charge is 0.507 e. The Morgan fingerprint density at radius 1 is 0.411 bits per heavy atom. The van der Waals surface area contributed by atoms with E-state index in [9.17, 15) is 29.1 Å². The molecule has 4 aromatic carbocycles. The number of ether oxygens (including phenoxy) is 5. The van der Waals surface area contributed by atoms with Crippen molar-refractivity contribution in [1.82, 2.24) is 40.8 Å². The number of aliphatic carboxylic acids is 2. The van der Waals surface area contributed by atoms with E-state index >= 15 is 0 Å². The molecule has 8 rings (SSSR count). The zero-order valence-corrected chi connectivity index (χ0v) is 59.7. The number of phenols is 1. The number of hydrogen-bond acceptors (Lipinski definition) is 18. The van der Waals surface area contributed by atoms with E-state index in [1.807, 2.05) is 135 Å². The highest BCUT2D eigenvalue weighted by atomic mass is 35.5. The summed E-state index contributed by atoms with van der Waals surface area (Å²) < 4.78 is 26.9. The fourth-order valence-corrected chi connectivity index (χ4v) is 10.6. The van der Waals surface area contributed by atoms with Gasteiger partial charge in [0.25, 0.3) is 5.56 Å². The average Bonchev–Trinajstić information content (AvgIpc) is 0.839. The highest BCUT2D eigenvalue weighted by Gasteiger charge is 2.18. The highest BCUT2D eigenvalue weighted by molar-refractivity contribution is 6.32. The first-order valence-corrected chi connectivity index (χ1v) is 31.6. The molecule has 0 aliphatic rings. The maximum absolute atomic E-state index is 11.7. The van der Waals surface area contributed by atoms with Crippen LogP contribution in [-0.4, -0.2) is 94.2 Å². The number of aromatic hydroxyl groups is 1. The lowest BCUT2D eigenvalue weighted by atomic mass is 10.0. The number of aromatic nitrogens is 8. The smallest absolute Gasteiger partial charge is 0.309 e. The molecule has 0 saturated carbocycles. The lowest BCUT2D eigenvalue weighted by Gasteiger charge is -2.14. The molecule has 0 atom stereocenters. The third-order valence-corrected chi connectivity index (χ3v) is 15.2. The fourth-order valence-electron chi connectivity index (χ4n) is 9.50. The van der Waals surface area contributed by atoms with Crippen LogP contribution < -0.4 is 19.8 Å². The van der Waals surface area contributed by atoms with Crippen LogP contribution in [0.1, 0.15) is 168 Å². The number of nitrogens with one attached hydrogen (secondary N) is 1. The summed E-state index contributed by atoms with van der Waals surface area (Å²) in [5.41, 5.74) is 13.0. The molecular formula is C70H82Cl4N8O13. The average molecular weight is 1390 g/mol. The van der Waals surface area contributed by atoms with E-state index < -0.39 is 11.9 Å². The second-order valence-corrected chi connectivity index (χ2v) is 25.0. The number of nitrogens with zero attached hydrogens (tertiary/aromatic N) is 7. The molecule has 21 nitrogen and oxygen atoms in total. The Morgan fingerprint density at radius 2 is 0.695 bits per heavy atom. The lowest BCUT2D eigenvalue weighted by Crippen LogP contribution is -2.15. The van der Waals surface area contributed by atoms with E-state index in [0.29, 0.717) is 72.7 Å². The number of halogens is 4. The number of rotatable bonds is 18. The predicted molar refractivity (Wildman–Crippen MR) is 367 cm³/mol. The van der Waals surface area contributed by atoms with E-state index in [2.05, 4.69) is 45.5 Å². The zero-order valence-electron chi connectivity index (χ0n) is 56.6. The van der Waals surface area contributed by atoms with Gasteiger partial charge in [-0.3, -0.25) is 24.0 Å². The second-order valence-electron chi connectivity index (χ2n) is 23.6. The van der Waals surface area contributed by atoms with Gasteiger partial charge in [0.15, 0.2) is 20.6 Å². The topological polar surface area (TPSA) is 298 Å². The lowest BCUT2D eigenvalue weighted by molar-refractivity contribution is -0.140. The van der Waals surface area contributed by atoms with Crippen LogP contribution in [0.25, 0.3) is 0 Å². The second kappa shape index (κ2) is 36.8. The molecule has 0 spiro atoms. The van der Waals surface area contributed by atoms with Gasteiger partial charge >= 0.3 is 23.9 Å². The molecule has 0 fully saturated rings. The number of aryl methyl sites for hydroxylation is 8. The number of carbonyl (C=O) groups is 4. The summed E-state index contributed by atoms with van der Waals surface area (Å²) >= 11 is 23.5. The SMILES string of the molecule is CC(C)c1cc(Cl)nnc1Cl.COC(=O)Cc1cc(C)c(O)c(C)c1.COC(=O)Cc1cc(C)c(Oc2cc(C(C)C)c(Cl)nn2)c(C)c1.Cc1cc(CC(=O)O)cc(C)c1Oc1cc(C(C)C)c(=O)[nH]n1.Cc1cc(CC(=O)O)cc(C)c1Oc1cc(C(C)C)c(Cl)nn1. The van der Waals surface area contributed by atoms with Crippen molar-refractivity contribution in [2.75, 3.05) is 14.2 Å². The third-order valence-electron chi connectivity index (χ3n) is 14.1. The van der Waals surface area contributed by atoms with Crippen molar-refractivity contribution < 1.29 is 58.2 Å². The number of esters is 2. The van der Waals surface area contributed by atoms with Gasteiger partial charge in [0, 0.05) is 23.8 Å². The first-order valence-electron chi connectivity index (χ1n) is 30.1. The van der Waals surface area contributed by atoms with Crippen molar-refractivity contribution in [1.29, 1.82) is 0 Å². The molecule has 0 saturated heterocycles. The van der Waals surface area contributed by atoms with Crippen LogP contribution in [0.2, 0.25) is 20.6 Å². The van der Waals surface area contributed by atoms with Gasteiger partial charge < -0.3 is 39.0 Å². The fraction of sp³-hybridized carbons (Fsp3) is 0.371. The predicted octanol–water partition coefficient (Wildman–Crippen LogP) is 16.2. The number of carboxylic acids is 2. The van der Waals surface area contributed by atoms with Crippen molar-refractivity contribution in [2.45, 2.75) is 160 Å². The molecule has 0 bridgehead atoms. The summed E-state index contributed by atoms with van der Waals surface area (Å²) in [4.78, 5) is 55.8. The zero-order chi connectivity index (χ0) is 71.3. The van der Waals surface area contributed by atoms with E-state index in [1.54, 1.807) is 48.5 Å². The molecular weight excluding hydrogens is 1300 g/mol. The molecule has 0 aliphatic heterocycles. The van der Waals surface area contributed by atoms with Gasteiger partial charge in [0.05, 0.1) is 39.9 Å². The summed E-state index contributed by atoms with van der Waals surface area (Å²) in [5, 5.41) is 58.4. The Labute approximate surface area is 573 Å². The Morgan fingerprint density at radius 3 is 1.00 bits per heavy atom. The van der Waals surface area contributed by atoms with Crippen molar-refractivity contribution in [2.24, 2.45) is 0 Å². The van der Waals surface area contributed by atoms with Crippen LogP contribution in [0, 0.1) is 55.4 Å². The number of methoxy groups -OCH3 is 2. The standard InChI is InChI=1S/C18H21ClN2O3.C17H19ClN2O3.C17H20N2O4.C11H14O3.C7H8Cl2N2/c1-10(2)14-9-15(20-21-18(14)19)24-17-11(3)6-13(7-12(17)4)8-16(22)23-5;1-9(2)13-8-14(19-20-17(13)18)23-16-10(3)5-12(6-11(16)4)7-15(21)22;1-9(2)13-8-14(18-19-17(13)22)23-16-10(3)5-12(6-11(16)4)7-15(20)21;1-7-4-9(6-10(12)14-3)5-8(2)11(7)13;1-4(2)5-3-6(8)10-11-7(5)9/h6-7,9-10H,8H2,1-5H3;5-6,8-9H,7H2,1-4H3,(H,21,22);5-6,8-9H,7H2,1-4H3,(H,19,22)(H,20,21);4-5,13H,6H2,1-3H3;3-4H,1-2H3. The van der Waals surface area contributed by atoms with Crippen molar-refractivity contribution in [3.63, 3.8) is 0 Å². The van der Waals surface area contributed by atoms with Gasteiger partial charge in [-0.05, 0) is 169 Å². The van der Waals surface area contributed by atoms with Gasteiger partial charge in [-0.2, -0.15) is 0 Å². The quantitative estimate of drug-likeness (QED) is 0.0580. The summed E-state index contributed by atoms with van der Waals surface area (Å²) in [5.74, 6) is 1.90. The van der Waals surface area contributed by atoms with Gasteiger partial charge in [-0.1, -0.05) is 150 Å². The molecule has 0 amide bonds. The summed E-state index contributed by atoms with van der Waals surface area (Å²) in [6.45, 7) is 30.9. The highest BCUT2D eigenvalue weighted by Crippen LogP contribution is 2.35. The molecule has 4 N–H and O–H groups in total. The summed E-state index contributed by atoms with van der Waals surface area (Å²) in [6.07, 6.45) is 0.436. The van der Waals surface area contributed by atoms with E-state index in [4.69, 9.17) is 75.6 Å². The molecule has 25 heteroatoms. The normalized spacial score (nSPS) is 10.7. The first-order chi connectivity index (χ1) is 44.5. The van der Waals surface area contributed by atoms with Gasteiger partial charge in [0.2, 0.25) is 17.6 Å². The number of H-pyrrole nitrogens is 1. The molecule has 508 valence electrons. The van der Waals surface area contributed by atoms with Crippen molar-refractivity contribution in [3.8, 4) is 40.6 Å². The van der Waals surface area contributed by atoms with Crippen LogP contribution in [0.15, 0.2) is 77.6 Å². The minimum Gasteiger partial charge on any atom is -0.507 e. The van der Waals surface area contributed by atoms with Crippen LogP contribution in [-0.2, 0) is 54.3 Å². The number of hydrogen-bond donors (Lipinski definition) is 4. The molecule has 4 aromatic heterocycles. The Balaban J connectivity index is 0.000000259. The van der Waals surface area contributed by atoms with Crippen LogP contribution in [0.3, 0.4) is 0 Å². The minimum absolute atomic E-state index is 0.0137. The molecule has 4 heterocycles. The molecule has 0 unspecified atom stereocenters. The molecule has 0 radical (unpaired) electrons. The van der Waals surface area contributed by atoms with Gasteiger partial charge in [-0.15, -0.1) is 35.7 Å². The summed E-state index contributed by atoms with van der Waals surface area (Å²) in [6, 6.07) is 21.5. The number of carboxylic acid groups (broad SMARTS) is 2. The molecule has 95 heavy (non-hydrogen) atoms. The van der Waals surface area contributed by atoms with E-state index in [-0.39, 0.29) is 60.9 Å². The van der Waals surface area contributed by atoms with E-state index in [1.165, 1.54) is 14.2 Å². The third kappa shape index (κ3) is 24.5. The maximum Gasteiger partial charge on any atom is 0.309 e. The molecule has 0 aliphatic carbocycles. The minimum atomic E-state index is -0.874. The summed E-state index contributed by atoms with van der Waals surface area (Å²) in [7, 11) is 2.74. The Kier molecular flexibility index (Phi) is 30.5.